The summed E-state index contributed by atoms with van der Waals surface area (Å²) in [5.41, 5.74) is 5.82. The minimum absolute atomic E-state index is 0.203. The Balaban J connectivity index is 1.89. The molecule has 1 saturated carbocycles. The van der Waals surface area contributed by atoms with Gasteiger partial charge in [-0.25, -0.2) is 4.39 Å². The van der Waals surface area contributed by atoms with Crippen LogP contribution in [0.5, 0.6) is 5.75 Å². The first-order chi connectivity index (χ1) is 6.74. The Labute approximate surface area is 82.9 Å². The van der Waals surface area contributed by atoms with E-state index in [4.69, 9.17) is 10.5 Å². The van der Waals surface area contributed by atoms with Gasteiger partial charge in [0, 0.05) is 12.0 Å². The number of nitrogens with two attached hydrogens (primary N) is 1. The fourth-order valence-electron chi connectivity index (χ4n) is 1.35. The molecule has 2 rings (SSSR count). The minimum atomic E-state index is -0.239. The van der Waals surface area contributed by atoms with Gasteiger partial charge in [-0.05, 0) is 37.1 Å². The normalized spacial score (nSPS) is 17.9. The highest BCUT2D eigenvalue weighted by Crippen LogP contribution is 2.44. The maximum Gasteiger partial charge on any atom is 0.123 e. The first-order valence-corrected chi connectivity index (χ1v) is 4.83. The predicted octanol–water partition coefficient (Wildman–Crippen LogP) is 1.94. The monoisotopic (exact) mass is 195 g/mol. The highest BCUT2D eigenvalue weighted by molar-refractivity contribution is 5.22. The van der Waals surface area contributed by atoms with Crippen LogP contribution in [0, 0.1) is 11.2 Å². The van der Waals surface area contributed by atoms with Crippen molar-refractivity contribution >= 4 is 0 Å². The van der Waals surface area contributed by atoms with Gasteiger partial charge in [-0.2, -0.15) is 0 Å². The Morgan fingerprint density at radius 2 is 1.93 bits per heavy atom. The third-order valence-electron chi connectivity index (χ3n) is 2.75. The van der Waals surface area contributed by atoms with Crippen molar-refractivity contribution in [3.05, 3.63) is 30.1 Å². The average molecular weight is 195 g/mol. The Morgan fingerprint density at radius 1 is 1.29 bits per heavy atom. The molecule has 3 heteroatoms. The van der Waals surface area contributed by atoms with E-state index in [1.807, 2.05) is 0 Å². The maximum absolute atomic E-state index is 12.6. The van der Waals surface area contributed by atoms with Crippen LogP contribution in [0.4, 0.5) is 4.39 Å². The van der Waals surface area contributed by atoms with Gasteiger partial charge >= 0.3 is 0 Å². The SMILES string of the molecule is NCC1(COc2ccc(F)cc2)CC1. The van der Waals surface area contributed by atoms with Crippen molar-refractivity contribution < 1.29 is 9.13 Å². The number of benzene rings is 1. The van der Waals surface area contributed by atoms with Crippen molar-refractivity contribution in [3.63, 3.8) is 0 Å². The third-order valence-corrected chi connectivity index (χ3v) is 2.75. The molecule has 0 spiro atoms. The van der Waals surface area contributed by atoms with Crippen LogP contribution < -0.4 is 10.5 Å². The molecule has 0 aliphatic heterocycles. The molecule has 1 aromatic carbocycles. The van der Waals surface area contributed by atoms with E-state index in [-0.39, 0.29) is 11.2 Å². The molecule has 0 saturated heterocycles. The van der Waals surface area contributed by atoms with Gasteiger partial charge in [-0.1, -0.05) is 0 Å². The predicted molar refractivity (Wildman–Crippen MR) is 52.6 cm³/mol. The largest absolute Gasteiger partial charge is 0.493 e. The summed E-state index contributed by atoms with van der Waals surface area (Å²) in [7, 11) is 0. The molecule has 1 fully saturated rings. The van der Waals surface area contributed by atoms with Crippen LogP contribution in [0.25, 0.3) is 0 Å². The van der Waals surface area contributed by atoms with Crippen molar-refractivity contribution in [1.82, 2.24) is 0 Å². The van der Waals surface area contributed by atoms with Crippen LogP contribution in [0.3, 0.4) is 0 Å². The van der Waals surface area contributed by atoms with E-state index in [2.05, 4.69) is 0 Å². The molecule has 0 radical (unpaired) electrons. The molecule has 1 aliphatic carbocycles. The smallest absolute Gasteiger partial charge is 0.123 e. The first-order valence-electron chi connectivity index (χ1n) is 4.83. The van der Waals surface area contributed by atoms with Crippen LogP contribution >= 0.6 is 0 Å². The van der Waals surface area contributed by atoms with Crippen molar-refractivity contribution in [2.45, 2.75) is 12.8 Å². The average Bonchev–Trinajstić information content (AvgIpc) is 2.98. The molecule has 0 unspecified atom stereocenters. The lowest BCUT2D eigenvalue weighted by Gasteiger charge is -2.13. The molecule has 0 heterocycles. The second kappa shape index (κ2) is 3.58. The number of hydrogen-bond donors (Lipinski definition) is 1. The zero-order chi connectivity index (χ0) is 10.0. The topological polar surface area (TPSA) is 35.2 Å². The summed E-state index contributed by atoms with van der Waals surface area (Å²) in [6, 6.07) is 6.08. The molecule has 0 aromatic heterocycles. The molecular weight excluding hydrogens is 181 g/mol. The second-order valence-electron chi connectivity index (χ2n) is 3.95. The fraction of sp³-hybridized carbons (Fsp3) is 0.455. The van der Waals surface area contributed by atoms with Gasteiger partial charge < -0.3 is 10.5 Å². The molecule has 1 aromatic rings. The molecule has 14 heavy (non-hydrogen) atoms. The summed E-state index contributed by atoms with van der Waals surface area (Å²) in [6.45, 7) is 1.32. The third kappa shape index (κ3) is 2.04. The second-order valence-corrected chi connectivity index (χ2v) is 3.95. The van der Waals surface area contributed by atoms with Gasteiger partial charge in [-0.15, -0.1) is 0 Å². The van der Waals surface area contributed by atoms with Gasteiger partial charge in [0.2, 0.25) is 0 Å². The fourth-order valence-corrected chi connectivity index (χ4v) is 1.35. The molecule has 0 atom stereocenters. The number of rotatable bonds is 4. The van der Waals surface area contributed by atoms with Crippen LogP contribution in [-0.2, 0) is 0 Å². The van der Waals surface area contributed by atoms with Crippen molar-refractivity contribution in [2.24, 2.45) is 11.1 Å². The van der Waals surface area contributed by atoms with E-state index < -0.39 is 0 Å². The molecule has 76 valence electrons. The summed E-state index contributed by atoms with van der Waals surface area (Å²) in [6.07, 6.45) is 2.29. The zero-order valence-electron chi connectivity index (χ0n) is 8.00. The highest BCUT2D eigenvalue weighted by Gasteiger charge is 2.42. The van der Waals surface area contributed by atoms with Crippen LogP contribution in [0.2, 0.25) is 0 Å². The quantitative estimate of drug-likeness (QED) is 0.796. The van der Waals surface area contributed by atoms with E-state index >= 15 is 0 Å². The first kappa shape index (κ1) is 9.46. The van der Waals surface area contributed by atoms with E-state index in [0.29, 0.717) is 18.9 Å². The summed E-state index contributed by atoms with van der Waals surface area (Å²) in [5.74, 6) is 0.475. The summed E-state index contributed by atoms with van der Waals surface area (Å²) >= 11 is 0. The Morgan fingerprint density at radius 3 is 2.43 bits per heavy atom. The zero-order valence-corrected chi connectivity index (χ0v) is 8.00. The molecular formula is C11H14FNO. The Bertz CT molecular complexity index is 306. The van der Waals surface area contributed by atoms with Gasteiger partial charge in [0.15, 0.2) is 0 Å². The Hall–Kier alpha value is -1.09. The van der Waals surface area contributed by atoms with Crippen LogP contribution in [0.15, 0.2) is 24.3 Å². The van der Waals surface area contributed by atoms with Gasteiger partial charge in [-0.3, -0.25) is 0 Å². The Kier molecular flexibility index (Phi) is 2.42. The molecule has 1 aliphatic rings. The molecule has 0 amide bonds. The summed E-state index contributed by atoms with van der Waals surface area (Å²) < 4.78 is 18.1. The molecule has 2 N–H and O–H groups in total. The highest BCUT2D eigenvalue weighted by atomic mass is 19.1. The lowest BCUT2D eigenvalue weighted by atomic mass is 10.1. The number of halogens is 1. The maximum atomic E-state index is 12.6. The molecule has 0 bridgehead atoms. The number of ether oxygens (including phenoxy) is 1. The van der Waals surface area contributed by atoms with Crippen LogP contribution in [0.1, 0.15) is 12.8 Å². The van der Waals surface area contributed by atoms with Gasteiger partial charge in [0.25, 0.3) is 0 Å². The lowest BCUT2D eigenvalue weighted by molar-refractivity contribution is 0.238. The summed E-state index contributed by atoms with van der Waals surface area (Å²) in [4.78, 5) is 0. The number of hydrogen-bond acceptors (Lipinski definition) is 2. The minimum Gasteiger partial charge on any atom is -0.493 e. The van der Waals surface area contributed by atoms with E-state index in [9.17, 15) is 4.39 Å². The summed E-state index contributed by atoms with van der Waals surface area (Å²) in [5, 5.41) is 0. The van der Waals surface area contributed by atoms with Crippen LogP contribution in [-0.4, -0.2) is 13.2 Å². The standard InChI is InChI=1S/C11H14FNO/c12-9-1-3-10(4-2-9)14-8-11(7-13)5-6-11/h1-4H,5-8,13H2. The van der Waals surface area contributed by atoms with E-state index in [0.717, 1.165) is 12.8 Å². The van der Waals surface area contributed by atoms with Gasteiger partial charge in [0.05, 0.1) is 6.61 Å². The van der Waals surface area contributed by atoms with Gasteiger partial charge in [0.1, 0.15) is 11.6 Å². The van der Waals surface area contributed by atoms with E-state index in [1.165, 1.54) is 12.1 Å². The lowest BCUT2D eigenvalue weighted by Crippen LogP contribution is -2.22. The molecule has 2 nitrogen and oxygen atoms in total. The van der Waals surface area contributed by atoms with Crippen molar-refractivity contribution in [3.8, 4) is 5.75 Å². The van der Waals surface area contributed by atoms with Crippen molar-refractivity contribution in [1.29, 1.82) is 0 Å². The van der Waals surface area contributed by atoms with Crippen molar-refractivity contribution in [2.75, 3.05) is 13.2 Å². The van der Waals surface area contributed by atoms with E-state index in [1.54, 1.807) is 12.1 Å².